The molecule has 2 aromatic carbocycles. The van der Waals surface area contributed by atoms with E-state index < -0.39 is 42.8 Å². The molecule has 0 aliphatic heterocycles. The van der Waals surface area contributed by atoms with Gasteiger partial charge in [0.25, 0.3) is 5.91 Å². The number of carbonyl (C=O) groups excluding carboxylic acids is 2. The zero-order chi connectivity index (χ0) is 21.6. The molecular formula is C19H17F4NO5. The molecule has 2 rings (SSSR count). The topological polar surface area (TPSA) is 73.9 Å². The molecule has 0 radical (unpaired) electrons. The minimum Gasteiger partial charge on any atom is -0.493 e. The number of benzene rings is 2. The van der Waals surface area contributed by atoms with Crippen molar-refractivity contribution in [3.8, 4) is 11.5 Å². The summed E-state index contributed by atoms with van der Waals surface area (Å²) in [6.45, 7) is -2.27. The molecule has 29 heavy (non-hydrogen) atoms. The molecule has 6 nitrogen and oxygen atoms in total. The van der Waals surface area contributed by atoms with Crippen molar-refractivity contribution in [1.82, 2.24) is 5.32 Å². The number of methoxy groups -OCH3 is 1. The molecule has 0 saturated heterocycles. The van der Waals surface area contributed by atoms with Crippen molar-refractivity contribution in [2.45, 2.75) is 19.6 Å². The smallest absolute Gasteiger partial charge is 0.387 e. The third kappa shape index (κ3) is 6.09. The van der Waals surface area contributed by atoms with E-state index in [-0.39, 0.29) is 22.6 Å². The highest BCUT2D eigenvalue weighted by Crippen LogP contribution is 2.29. The Morgan fingerprint density at radius 3 is 2.41 bits per heavy atom. The fraction of sp³-hybridized carbons (Fsp3) is 0.263. The summed E-state index contributed by atoms with van der Waals surface area (Å²) in [7, 11) is 1.20. The minimum absolute atomic E-state index is 0.0606. The summed E-state index contributed by atoms with van der Waals surface area (Å²) in [4.78, 5) is 24.0. The number of alkyl halides is 2. The lowest BCUT2D eigenvalue weighted by Crippen LogP contribution is -2.31. The molecule has 0 heterocycles. The number of amides is 1. The second kappa shape index (κ2) is 9.76. The second-order valence-electron chi connectivity index (χ2n) is 5.78. The van der Waals surface area contributed by atoms with E-state index in [0.29, 0.717) is 6.07 Å². The number of ether oxygens (including phenoxy) is 3. The van der Waals surface area contributed by atoms with Crippen LogP contribution in [0.15, 0.2) is 36.4 Å². The van der Waals surface area contributed by atoms with E-state index in [0.717, 1.165) is 24.3 Å². The summed E-state index contributed by atoms with van der Waals surface area (Å²) in [5, 5.41) is 2.41. The van der Waals surface area contributed by atoms with Crippen LogP contribution in [0.25, 0.3) is 0 Å². The van der Waals surface area contributed by atoms with E-state index in [2.05, 4.69) is 10.1 Å². The van der Waals surface area contributed by atoms with Crippen LogP contribution < -0.4 is 14.8 Å². The first-order chi connectivity index (χ1) is 13.7. The Labute approximate surface area is 163 Å². The lowest BCUT2D eigenvalue weighted by molar-refractivity contribution is -0.124. The Morgan fingerprint density at radius 2 is 1.79 bits per heavy atom. The maximum absolute atomic E-state index is 13.7. The van der Waals surface area contributed by atoms with E-state index in [4.69, 9.17) is 9.47 Å². The molecule has 0 spiro atoms. The van der Waals surface area contributed by atoms with Crippen molar-refractivity contribution in [3.63, 3.8) is 0 Å². The zero-order valence-corrected chi connectivity index (χ0v) is 15.4. The second-order valence-corrected chi connectivity index (χ2v) is 5.78. The van der Waals surface area contributed by atoms with Crippen molar-refractivity contribution in [1.29, 1.82) is 0 Å². The number of hydrogen-bond donors (Lipinski definition) is 1. The molecule has 1 amide bonds. The SMILES string of the molecule is COc1cc(C(=O)OCC(=O)N[C@H](C)c2ccc(F)cc2F)ccc1OC(F)F. The van der Waals surface area contributed by atoms with Crippen LogP contribution >= 0.6 is 0 Å². The number of carbonyl (C=O) groups is 2. The molecule has 0 fully saturated rings. The predicted octanol–water partition coefficient (Wildman–Crippen LogP) is 3.61. The maximum Gasteiger partial charge on any atom is 0.387 e. The van der Waals surface area contributed by atoms with Crippen molar-refractivity contribution < 1.29 is 41.4 Å². The first-order valence-corrected chi connectivity index (χ1v) is 8.25. The number of hydrogen-bond acceptors (Lipinski definition) is 5. The van der Waals surface area contributed by atoms with Gasteiger partial charge in [-0.1, -0.05) is 6.07 Å². The molecule has 10 heteroatoms. The summed E-state index contributed by atoms with van der Waals surface area (Å²) < 4.78 is 65.3. The number of nitrogens with one attached hydrogen (secondary N) is 1. The van der Waals surface area contributed by atoms with E-state index in [1.54, 1.807) is 0 Å². The van der Waals surface area contributed by atoms with Crippen molar-refractivity contribution in [3.05, 3.63) is 59.2 Å². The van der Waals surface area contributed by atoms with E-state index in [1.807, 2.05) is 0 Å². The van der Waals surface area contributed by atoms with Crippen LogP contribution in [0, 0.1) is 11.6 Å². The molecule has 0 saturated carbocycles. The third-order valence-corrected chi connectivity index (χ3v) is 3.76. The molecule has 1 atom stereocenters. The van der Waals surface area contributed by atoms with Crippen LogP contribution in [0.2, 0.25) is 0 Å². The highest BCUT2D eigenvalue weighted by Gasteiger charge is 2.18. The third-order valence-electron chi connectivity index (χ3n) is 3.76. The number of rotatable bonds is 8. The maximum atomic E-state index is 13.7. The van der Waals surface area contributed by atoms with Gasteiger partial charge >= 0.3 is 12.6 Å². The fourth-order valence-corrected chi connectivity index (χ4v) is 2.42. The Bertz CT molecular complexity index is 891. The fourth-order valence-electron chi connectivity index (χ4n) is 2.42. The summed E-state index contributed by atoms with van der Waals surface area (Å²) in [6, 6.07) is 5.51. The van der Waals surface area contributed by atoms with E-state index in [9.17, 15) is 27.2 Å². The standard InChI is InChI=1S/C19H17F4NO5/c1-10(13-5-4-12(20)8-14(13)21)24-17(25)9-28-18(26)11-3-6-15(29-19(22)23)16(7-11)27-2/h3-8,10,19H,9H2,1-2H3,(H,24,25)/t10-/m1/s1. The molecule has 2 aromatic rings. The largest absolute Gasteiger partial charge is 0.493 e. The van der Waals surface area contributed by atoms with Crippen molar-refractivity contribution >= 4 is 11.9 Å². The molecular weight excluding hydrogens is 398 g/mol. The van der Waals surface area contributed by atoms with Gasteiger partial charge in [-0.2, -0.15) is 8.78 Å². The monoisotopic (exact) mass is 415 g/mol. The van der Waals surface area contributed by atoms with Gasteiger partial charge in [-0.15, -0.1) is 0 Å². The van der Waals surface area contributed by atoms with Gasteiger partial charge in [0.05, 0.1) is 18.7 Å². The Morgan fingerprint density at radius 1 is 1.07 bits per heavy atom. The van der Waals surface area contributed by atoms with Crippen LogP contribution in [0.1, 0.15) is 28.9 Å². The van der Waals surface area contributed by atoms with Gasteiger partial charge in [0.2, 0.25) is 0 Å². The average molecular weight is 415 g/mol. The Kier molecular flexibility index (Phi) is 7.40. The van der Waals surface area contributed by atoms with Crippen LogP contribution in [0.5, 0.6) is 11.5 Å². The van der Waals surface area contributed by atoms with Crippen molar-refractivity contribution in [2.75, 3.05) is 13.7 Å². The van der Waals surface area contributed by atoms with E-state index >= 15 is 0 Å². The molecule has 156 valence electrons. The normalized spacial score (nSPS) is 11.7. The molecule has 0 aromatic heterocycles. The predicted molar refractivity (Wildman–Crippen MR) is 92.8 cm³/mol. The van der Waals surface area contributed by atoms with E-state index in [1.165, 1.54) is 20.1 Å². The summed E-state index contributed by atoms with van der Waals surface area (Å²) in [5.74, 6) is -3.61. The van der Waals surface area contributed by atoms with Gasteiger partial charge in [0.15, 0.2) is 18.1 Å². The van der Waals surface area contributed by atoms with Crippen LogP contribution in [-0.4, -0.2) is 32.2 Å². The zero-order valence-electron chi connectivity index (χ0n) is 15.4. The molecule has 0 unspecified atom stereocenters. The van der Waals surface area contributed by atoms with Gasteiger partial charge in [0, 0.05) is 11.6 Å². The minimum atomic E-state index is -3.07. The molecule has 0 bridgehead atoms. The lowest BCUT2D eigenvalue weighted by atomic mass is 10.1. The summed E-state index contributed by atoms with van der Waals surface area (Å²) in [5.41, 5.74) is -0.000624. The van der Waals surface area contributed by atoms with Crippen molar-refractivity contribution in [2.24, 2.45) is 0 Å². The quantitative estimate of drug-likeness (QED) is 0.527. The highest BCUT2D eigenvalue weighted by atomic mass is 19.3. The lowest BCUT2D eigenvalue weighted by Gasteiger charge is -2.15. The summed E-state index contributed by atoms with van der Waals surface area (Å²) >= 11 is 0. The highest BCUT2D eigenvalue weighted by molar-refractivity contribution is 5.92. The van der Waals surface area contributed by atoms with Gasteiger partial charge in [-0.3, -0.25) is 4.79 Å². The Hall–Kier alpha value is -3.30. The first kappa shape index (κ1) is 22.0. The number of halogens is 4. The van der Waals surface area contributed by atoms with Gasteiger partial charge in [-0.05, 0) is 31.2 Å². The summed E-state index contributed by atoms with van der Waals surface area (Å²) in [6.07, 6.45) is 0. The molecule has 0 aliphatic carbocycles. The molecule has 0 aliphatic rings. The molecule has 1 N–H and O–H groups in total. The van der Waals surface area contributed by atoms with Crippen LogP contribution in [-0.2, 0) is 9.53 Å². The van der Waals surface area contributed by atoms with Gasteiger partial charge in [-0.25, -0.2) is 13.6 Å². The Balaban J connectivity index is 1.95. The first-order valence-electron chi connectivity index (χ1n) is 8.25. The van der Waals surface area contributed by atoms with Crippen LogP contribution in [0.4, 0.5) is 17.6 Å². The average Bonchev–Trinajstić information content (AvgIpc) is 2.65. The van der Waals surface area contributed by atoms with Crippen LogP contribution in [0.3, 0.4) is 0 Å². The number of esters is 1. The van der Waals surface area contributed by atoms with Gasteiger partial charge < -0.3 is 19.5 Å². The van der Waals surface area contributed by atoms with Gasteiger partial charge in [0.1, 0.15) is 11.6 Å².